The summed E-state index contributed by atoms with van der Waals surface area (Å²) in [5.41, 5.74) is 0.774. The normalized spacial score (nSPS) is 11.9. The number of amides is 1. The highest BCUT2D eigenvalue weighted by atomic mass is 79.9. The number of carboxylic acid groups (broad SMARTS) is 1. The van der Waals surface area contributed by atoms with Crippen molar-refractivity contribution in [3.8, 4) is 0 Å². The zero-order chi connectivity index (χ0) is 15.0. The van der Waals surface area contributed by atoms with Crippen LogP contribution in [0.1, 0.15) is 30.9 Å². The van der Waals surface area contributed by atoms with Gasteiger partial charge in [0, 0.05) is 24.6 Å². The number of hydrogen-bond donors (Lipinski definition) is 2. The molecule has 0 bridgehead atoms. The van der Waals surface area contributed by atoms with Gasteiger partial charge in [0.05, 0.1) is 12.5 Å². The molecule has 0 aliphatic carbocycles. The van der Waals surface area contributed by atoms with Crippen LogP contribution in [0.25, 0.3) is 0 Å². The van der Waals surface area contributed by atoms with Crippen LogP contribution in [0.2, 0.25) is 0 Å². The molecule has 6 heteroatoms. The van der Waals surface area contributed by atoms with E-state index >= 15 is 0 Å². The van der Waals surface area contributed by atoms with Crippen LogP contribution in [0, 0.1) is 0 Å². The minimum atomic E-state index is -0.949. The molecule has 1 amide bonds. The van der Waals surface area contributed by atoms with Crippen LogP contribution in [0.3, 0.4) is 0 Å². The van der Waals surface area contributed by atoms with Gasteiger partial charge in [-0.05, 0) is 24.1 Å². The fourth-order valence-electron chi connectivity index (χ4n) is 1.77. The Balaban J connectivity index is 2.67. The lowest BCUT2D eigenvalue weighted by Gasteiger charge is -2.17. The first kappa shape index (κ1) is 16.7. The van der Waals surface area contributed by atoms with Gasteiger partial charge in [-0.1, -0.05) is 28.1 Å². The summed E-state index contributed by atoms with van der Waals surface area (Å²) < 4.78 is 5.78. The van der Waals surface area contributed by atoms with Crippen molar-refractivity contribution in [3.63, 3.8) is 0 Å². The molecule has 0 spiro atoms. The minimum absolute atomic E-state index is 0.141. The molecular weight excluding hydrogens is 326 g/mol. The van der Waals surface area contributed by atoms with Gasteiger partial charge in [-0.15, -0.1) is 0 Å². The number of nitrogens with one attached hydrogen (secondary N) is 1. The third-order valence-corrected chi connectivity index (χ3v) is 3.27. The topological polar surface area (TPSA) is 75.6 Å². The van der Waals surface area contributed by atoms with E-state index in [0.29, 0.717) is 19.4 Å². The summed E-state index contributed by atoms with van der Waals surface area (Å²) in [6.07, 6.45) is 0.792. The molecule has 0 saturated carbocycles. The van der Waals surface area contributed by atoms with Crippen LogP contribution in [0.4, 0.5) is 0 Å². The highest BCUT2D eigenvalue weighted by Gasteiger charge is 2.17. The van der Waals surface area contributed by atoms with Crippen LogP contribution >= 0.6 is 15.9 Å². The number of carbonyl (C=O) groups is 2. The Kier molecular flexibility index (Phi) is 7.25. The summed E-state index contributed by atoms with van der Waals surface area (Å²) in [6.45, 7) is 0.509. The van der Waals surface area contributed by atoms with Crippen LogP contribution in [0.5, 0.6) is 0 Å². The number of halogens is 1. The average Bonchev–Trinajstić information content (AvgIpc) is 2.38. The van der Waals surface area contributed by atoms with Crippen molar-refractivity contribution in [2.75, 3.05) is 13.7 Å². The number of hydrogen-bond acceptors (Lipinski definition) is 3. The van der Waals surface area contributed by atoms with Crippen LogP contribution < -0.4 is 5.32 Å². The molecule has 1 atom stereocenters. The number of benzene rings is 1. The molecular formula is C14H18BrNO4. The quantitative estimate of drug-likeness (QED) is 0.711. The maximum atomic E-state index is 11.8. The third kappa shape index (κ3) is 6.16. The number of carbonyl (C=O) groups excluding carboxylic acids is 1. The number of methoxy groups -OCH3 is 1. The first-order valence-corrected chi connectivity index (χ1v) is 7.07. The molecule has 0 heterocycles. The molecule has 110 valence electrons. The second-order valence-electron chi connectivity index (χ2n) is 4.37. The summed E-state index contributed by atoms with van der Waals surface area (Å²) in [4.78, 5) is 22.7. The van der Waals surface area contributed by atoms with Gasteiger partial charge in [0.2, 0.25) is 5.91 Å². The monoisotopic (exact) mass is 343 g/mol. The molecule has 0 saturated heterocycles. The van der Waals surface area contributed by atoms with E-state index < -0.39 is 12.0 Å². The van der Waals surface area contributed by atoms with Gasteiger partial charge in [-0.2, -0.15) is 0 Å². The average molecular weight is 344 g/mol. The molecule has 0 aliphatic heterocycles. The van der Waals surface area contributed by atoms with Gasteiger partial charge in [0.15, 0.2) is 0 Å². The van der Waals surface area contributed by atoms with E-state index in [2.05, 4.69) is 21.2 Å². The number of carboxylic acids is 1. The fourth-order valence-corrected chi connectivity index (χ4v) is 2.03. The second-order valence-corrected chi connectivity index (χ2v) is 5.28. The Morgan fingerprint density at radius 1 is 1.35 bits per heavy atom. The van der Waals surface area contributed by atoms with Crippen molar-refractivity contribution in [1.29, 1.82) is 0 Å². The van der Waals surface area contributed by atoms with Gasteiger partial charge in [-0.25, -0.2) is 0 Å². The highest BCUT2D eigenvalue weighted by Crippen LogP contribution is 2.20. The Morgan fingerprint density at radius 2 is 2.00 bits per heavy atom. The molecule has 1 unspecified atom stereocenters. The Labute approximate surface area is 126 Å². The summed E-state index contributed by atoms with van der Waals surface area (Å²) in [5, 5.41) is 11.7. The van der Waals surface area contributed by atoms with Crippen LogP contribution in [0.15, 0.2) is 28.7 Å². The predicted molar refractivity (Wildman–Crippen MR) is 78.4 cm³/mol. The summed E-state index contributed by atoms with van der Waals surface area (Å²) in [6, 6.07) is 6.72. The van der Waals surface area contributed by atoms with Crippen molar-refractivity contribution in [1.82, 2.24) is 5.32 Å². The second kappa shape index (κ2) is 8.71. The Morgan fingerprint density at radius 3 is 2.55 bits per heavy atom. The lowest BCUT2D eigenvalue weighted by molar-refractivity contribution is -0.137. The zero-order valence-electron chi connectivity index (χ0n) is 11.3. The van der Waals surface area contributed by atoms with Crippen molar-refractivity contribution >= 4 is 27.8 Å². The zero-order valence-corrected chi connectivity index (χ0v) is 12.9. The van der Waals surface area contributed by atoms with Crippen molar-refractivity contribution in [2.24, 2.45) is 0 Å². The summed E-state index contributed by atoms with van der Waals surface area (Å²) in [5.74, 6) is -1.12. The largest absolute Gasteiger partial charge is 0.481 e. The molecule has 1 rings (SSSR count). The maximum Gasteiger partial charge on any atom is 0.305 e. The summed E-state index contributed by atoms with van der Waals surface area (Å²) in [7, 11) is 1.58. The first-order valence-electron chi connectivity index (χ1n) is 6.28. The van der Waals surface area contributed by atoms with E-state index in [-0.39, 0.29) is 12.3 Å². The Hall–Kier alpha value is -1.40. The van der Waals surface area contributed by atoms with E-state index in [4.69, 9.17) is 9.84 Å². The van der Waals surface area contributed by atoms with Crippen LogP contribution in [-0.4, -0.2) is 30.7 Å². The molecule has 1 aromatic carbocycles. The standard InChI is InChI=1S/C14H18BrNO4/c1-20-8-2-3-13(17)16-12(9-14(18)19)10-4-6-11(15)7-5-10/h4-7,12H,2-3,8-9H2,1H3,(H,16,17)(H,18,19). The predicted octanol–water partition coefficient (Wildman–Crippen LogP) is 2.51. The molecule has 0 aromatic heterocycles. The SMILES string of the molecule is COCCCC(=O)NC(CC(=O)O)c1ccc(Br)cc1. The van der Waals surface area contributed by atoms with Crippen molar-refractivity contribution in [2.45, 2.75) is 25.3 Å². The van der Waals surface area contributed by atoms with E-state index in [1.54, 1.807) is 19.2 Å². The number of rotatable bonds is 8. The van der Waals surface area contributed by atoms with E-state index in [0.717, 1.165) is 10.0 Å². The molecule has 5 nitrogen and oxygen atoms in total. The van der Waals surface area contributed by atoms with Gasteiger partial charge in [-0.3, -0.25) is 9.59 Å². The molecule has 1 aromatic rings. The van der Waals surface area contributed by atoms with Crippen molar-refractivity contribution < 1.29 is 19.4 Å². The lowest BCUT2D eigenvalue weighted by atomic mass is 10.0. The molecule has 2 N–H and O–H groups in total. The van der Waals surface area contributed by atoms with Gasteiger partial charge in [0.25, 0.3) is 0 Å². The molecule has 0 radical (unpaired) electrons. The number of aliphatic carboxylic acids is 1. The lowest BCUT2D eigenvalue weighted by Crippen LogP contribution is -2.30. The van der Waals surface area contributed by atoms with E-state index in [1.807, 2.05) is 12.1 Å². The molecule has 0 fully saturated rings. The fraction of sp³-hybridized carbons (Fsp3) is 0.429. The summed E-state index contributed by atoms with van der Waals surface area (Å²) >= 11 is 3.32. The Bertz CT molecular complexity index is 447. The van der Waals surface area contributed by atoms with E-state index in [1.165, 1.54) is 0 Å². The number of ether oxygens (including phenoxy) is 1. The van der Waals surface area contributed by atoms with E-state index in [9.17, 15) is 9.59 Å². The van der Waals surface area contributed by atoms with Gasteiger partial charge < -0.3 is 15.2 Å². The third-order valence-electron chi connectivity index (χ3n) is 2.74. The smallest absolute Gasteiger partial charge is 0.305 e. The molecule has 20 heavy (non-hydrogen) atoms. The molecule has 0 aliphatic rings. The van der Waals surface area contributed by atoms with Crippen LogP contribution in [-0.2, 0) is 14.3 Å². The van der Waals surface area contributed by atoms with Crippen molar-refractivity contribution in [3.05, 3.63) is 34.3 Å². The first-order chi connectivity index (χ1) is 9.52. The van der Waals surface area contributed by atoms with Gasteiger partial charge >= 0.3 is 5.97 Å². The van der Waals surface area contributed by atoms with Gasteiger partial charge in [0.1, 0.15) is 0 Å². The highest BCUT2D eigenvalue weighted by molar-refractivity contribution is 9.10. The minimum Gasteiger partial charge on any atom is -0.481 e. The maximum absolute atomic E-state index is 11.8.